The van der Waals surface area contributed by atoms with Crippen LogP contribution in [0.4, 0.5) is 4.39 Å². The zero-order chi connectivity index (χ0) is 21.5. The van der Waals surface area contributed by atoms with Crippen molar-refractivity contribution in [2.75, 3.05) is 32.8 Å². The number of rotatable bonds is 8. The molecule has 31 heavy (non-hydrogen) atoms. The van der Waals surface area contributed by atoms with E-state index in [1.807, 2.05) is 24.3 Å². The van der Waals surface area contributed by atoms with E-state index < -0.39 is 0 Å². The van der Waals surface area contributed by atoms with Crippen LogP contribution in [0, 0.1) is 5.82 Å². The summed E-state index contributed by atoms with van der Waals surface area (Å²) in [5.74, 6) is 0.339. The monoisotopic (exact) mass is 441 g/mol. The average Bonchev–Trinajstić information content (AvgIpc) is 3.34. The van der Waals surface area contributed by atoms with Crippen LogP contribution in [0.1, 0.15) is 27.5 Å². The highest BCUT2D eigenvalue weighted by Crippen LogP contribution is 2.22. The van der Waals surface area contributed by atoms with Crippen LogP contribution in [-0.2, 0) is 10.5 Å². The second kappa shape index (κ2) is 10.5. The lowest BCUT2D eigenvalue weighted by Gasteiger charge is -2.35. The van der Waals surface area contributed by atoms with Gasteiger partial charge in [-0.15, -0.1) is 0 Å². The largest absolute Gasteiger partial charge is 0.379 e. The summed E-state index contributed by atoms with van der Waals surface area (Å²) < 4.78 is 18.8. The quantitative estimate of drug-likeness (QED) is 0.523. The lowest BCUT2D eigenvalue weighted by atomic mass is 10.0. The van der Waals surface area contributed by atoms with Gasteiger partial charge in [0, 0.05) is 31.0 Å². The predicted molar refractivity (Wildman–Crippen MR) is 116 cm³/mol. The molecule has 0 bridgehead atoms. The third-order valence-electron chi connectivity index (χ3n) is 5.18. The van der Waals surface area contributed by atoms with Crippen LogP contribution in [0.5, 0.6) is 0 Å². The van der Waals surface area contributed by atoms with Gasteiger partial charge in [0.05, 0.1) is 19.3 Å². The predicted octanol–water partition coefficient (Wildman–Crippen LogP) is 3.04. The number of halogens is 1. The number of nitrogens with one attached hydrogen (secondary N) is 2. The molecular weight excluding hydrogens is 417 g/mol. The Morgan fingerprint density at radius 2 is 1.90 bits per heavy atom. The van der Waals surface area contributed by atoms with Gasteiger partial charge in [0.2, 0.25) is 0 Å². The smallest absolute Gasteiger partial charge is 0.251 e. The van der Waals surface area contributed by atoms with Crippen LogP contribution >= 0.6 is 11.8 Å². The molecular formula is C22H24FN5O2S. The van der Waals surface area contributed by atoms with Gasteiger partial charge in [-0.25, -0.2) is 9.37 Å². The Balaban J connectivity index is 1.37. The van der Waals surface area contributed by atoms with E-state index >= 15 is 0 Å². The number of aromatic amines is 1. The number of hydrogen-bond acceptors (Lipinski definition) is 6. The zero-order valence-electron chi connectivity index (χ0n) is 17.0. The van der Waals surface area contributed by atoms with Gasteiger partial charge in [-0.2, -0.15) is 5.10 Å². The minimum Gasteiger partial charge on any atom is -0.379 e. The third kappa shape index (κ3) is 5.90. The number of hydrogen-bond donors (Lipinski definition) is 2. The first-order chi connectivity index (χ1) is 15.2. The number of aromatic nitrogens is 3. The van der Waals surface area contributed by atoms with Crippen molar-refractivity contribution in [1.82, 2.24) is 25.4 Å². The number of morpholine rings is 1. The fourth-order valence-electron chi connectivity index (χ4n) is 3.49. The van der Waals surface area contributed by atoms with Gasteiger partial charge in [-0.1, -0.05) is 36.0 Å². The van der Waals surface area contributed by atoms with Crippen LogP contribution in [0.25, 0.3) is 0 Å². The second-order valence-electron chi connectivity index (χ2n) is 7.20. The molecule has 1 saturated heterocycles. The molecule has 0 unspecified atom stereocenters. The maximum absolute atomic E-state index is 13.4. The van der Waals surface area contributed by atoms with Crippen molar-refractivity contribution in [3.8, 4) is 0 Å². The van der Waals surface area contributed by atoms with Gasteiger partial charge < -0.3 is 10.1 Å². The van der Waals surface area contributed by atoms with Crippen LogP contribution in [0.3, 0.4) is 0 Å². The first-order valence-electron chi connectivity index (χ1n) is 10.1. The summed E-state index contributed by atoms with van der Waals surface area (Å²) in [6.07, 6.45) is 1.48. The van der Waals surface area contributed by atoms with E-state index in [0.717, 1.165) is 35.1 Å². The Labute approximate surface area is 184 Å². The summed E-state index contributed by atoms with van der Waals surface area (Å²) in [5, 5.41) is 10.4. The van der Waals surface area contributed by atoms with Crippen molar-refractivity contribution in [2.24, 2.45) is 0 Å². The molecule has 2 aromatic carbocycles. The standard InChI is InChI=1S/C22H24FN5O2S/c23-19-7-5-17(6-8-19)20(28-9-11-30-12-10-28)13-24-21(29)18-3-1-16(2-4-18)14-31-22-25-15-26-27-22/h1-8,15,20H,9-14H2,(H,24,29)(H,25,26,27)/t20-/m0/s1. The molecule has 9 heteroatoms. The Morgan fingerprint density at radius 1 is 1.16 bits per heavy atom. The SMILES string of the molecule is O=C(NC[C@@H](c1ccc(F)cc1)N1CCOCC1)c1ccc(CSc2ncn[nH]2)cc1. The topological polar surface area (TPSA) is 83.1 Å². The van der Waals surface area contributed by atoms with Crippen molar-refractivity contribution in [1.29, 1.82) is 0 Å². The zero-order valence-corrected chi connectivity index (χ0v) is 17.8. The van der Waals surface area contributed by atoms with Gasteiger partial charge in [0.1, 0.15) is 12.1 Å². The van der Waals surface area contributed by atoms with Crippen molar-refractivity contribution >= 4 is 17.7 Å². The number of amides is 1. The van der Waals surface area contributed by atoms with Crippen LogP contribution in [0.15, 0.2) is 60.0 Å². The van der Waals surface area contributed by atoms with E-state index in [1.165, 1.54) is 18.5 Å². The molecule has 2 N–H and O–H groups in total. The molecule has 0 saturated carbocycles. The Hall–Kier alpha value is -2.75. The molecule has 1 aromatic heterocycles. The molecule has 7 nitrogen and oxygen atoms in total. The third-order valence-corrected chi connectivity index (χ3v) is 6.13. The molecule has 162 valence electrons. The number of benzene rings is 2. The van der Waals surface area contributed by atoms with Gasteiger partial charge in [-0.05, 0) is 35.4 Å². The van der Waals surface area contributed by atoms with E-state index in [1.54, 1.807) is 23.9 Å². The summed E-state index contributed by atoms with van der Waals surface area (Å²) in [7, 11) is 0. The van der Waals surface area contributed by atoms with Gasteiger partial charge in [0.15, 0.2) is 5.16 Å². The van der Waals surface area contributed by atoms with E-state index in [4.69, 9.17) is 4.74 Å². The number of thioether (sulfide) groups is 1. The normalized spacial score (nSPS) is 15.5. The van der Waals surface area contributed by atoms with Crippen molar-refractivity contribution in [3.05, 3.63) is 77.4 Å². The number of carbonyl (C=O) groups is 1. The minimum atomic E-state index is -0.268. The molecule has 0 spiro atoms. The average molecular weight is 442 g/mol. The first-order valence-corrected chi connectivity index (χ1v) is 11.1. The Kier molecular flexibility index (Phi) is 7.29. The molecule has 1 atom stereocenters. The molecule has 1 aliphatic heterocycles. The summed E-state index contributed by atoms with van der Waals surface area (Å²) in [5.41, 5.74) is 2.67. The highest BCUT2D eigenvalue weighted by Gasteiger charge is 2.23. The molecule has 2 heterocycles. The van der Waals surface area contributed by atoms with Crippen molar-refractivity contribution < 1.29 is 13.9 Å². The summed E-state index contributed by atoms with van der Waals surface area (Å²) in [6, 6.07) is 14.0. The maximum atomic E-state index is 13.4. The number of ether oxygens (including phenoxy) is 1. The molecule has 1 fully saturated rings. The van der Waals surface area contributed by atoms with Crippen molar-refractivity contribution in [2.45, 2.75) is 17.0 Å². The molecule has 0 aliphatic carbocycles. The maximum Gasteiger partial charge on any atom is 0.251 e. The molecule has 0 radical (unpaired) electrons. The van der Waals surface area contributed by atoms with Gasteiger partial charge >= 0.3 is 0 Å². The van der Waals surface area contributed by atoms with E-state index in [2.05, 4.69) is 25.4 Å². The van der Waals surface area contributed by atoms with Gasteiger partial charge in [-0.3, -0.25) is 14.8 Å². The first kappa shape index (κ1) is 21.5. The van der Waals surface area contributed by atoms with Crippen molar-refractivity contribution in [3.63, 3.8) is 0 Å². The number of carbonyl (C=O) groups excluding carboxylic acids is 1. The summed E-state index contributed by atoms with van der Waals surface area (Å²) >= 11 is 1.55. The van der Waals surface area contributed by atoms with Crippen LogP contribution in [0.2, 0.25) is 0 Å². The molecule has 3 aromatic rings. The molecule has 4 rings (SSSR count). The highest BCUT2D eigenvalue weighted by molar-refractivity contribution is 7.98. The van der Waals surface area contributed by atoms with E-state index in [9.17, 15) is 9.18 Å². The fraction of sp³-hybridized carbons (Fsp3) is 0.318. The number of H-pyrrole nitrogens is 1. The Bertz CT molecular complexity index is 961. The van der Waals surface area contributed by atoms with E-state index in [-0.39, 0.29) is 17.8 Å². The molecule has 1 amide bonds. The summed E-state index contributed by atoms with van der Waals surface area (Å²) in [4.78, 5) is 19.1. The van der Waals surface area contributed by atoms with Crippen LogP contribution in [-0.4, -0.2) is 58.8 Å². The second-order valence-corrected chi connectivity index (χ2v) is 8.17. The summed E-state index contributed by atoms with van der Waals surface area (Å²) in [6.45, 7) is 3.29. The fourth-order valence-corrected chi connectivity index (χ4v) is 4.23. The minimum absolute atomic E-state index is 0.0361. The van der Waals surface area contributed by atoms with E-state index in [0.29, 0.717) is 25.3 Å². The Morgan fingerprint density at radius 3 is 2.58 bits per heavy atom. The lowest BCUT2D eigenvalue weighted by Crippen LogP contribution is -2.43. The lowest BCUT2D eigenvalue weighted by molar-refractivity contribution is 0.0162. The van der Waals surface area contributed by atoms with Gasteiger partial charge in [0.25, 0.3) is 5.91 Å². The highest BCUT2D eigenvalue weighted by atomic mass is 32.2. The van der Waals surface area contributed by atoms with Crippen LogP contribution < -0.4 is 5.32 Å². The molecule has 1 aliphatic rings. The number of nitrogens with zero attached hydrogens (tertiary/aromatic N) is 3.